The van der Waals surface area contributed by atoms with Crippen molar-refractivity contribution in [2.75, 3.05) is 43.6 Å². The minimum atomic E-state index is 0.356. The fraction of sp³-hybridized carbons (Fsp3) is 0.636. The van der Waals surface area contributed by atoms with E-state index in [0.29, 0.717) is 17.5 Å². The maximum atomic E-state index is 5.92. The van der Waals surface area contributed by atoms with Gasteiger partial charge in [0.2, 0.25) is 0 Å². The number of hydrogen-bond donors (Lipinski definition) is 2. The van der Waals surface area contributed by atoms with Crippen molar-refractivity contribution in [2.45, 2.75) is 18.9 Å². The third kappa shape index (κ3) is 2.41. The Labute approximate surface area is 102 Å². The van der Waals surface area contributed by atoms with Crippen molar-refractivity contribution >= 4 is 17.3 Å². The molecule has 0 aliphatic carbocycles. The maximum absolute atomic E-state index is 5.92. The molecule has 6 heteroatoms. The molecule has 1 aliphatic heterocycles. The van der Waals surface area contributed by atoms with Crippen molar-refractivity contribution in [1.29, 1.82) is 0 Å². The molecule has 94 valence electrons. The molecule has 0 aromatic carbocycles. The number of nitrogen functional groups attached to an aromatic ring is 2. The van der Waals surface area contributed by atoms with E-state index in [0.717, 1.165) is 31.7 Å². The molecule has 6 nitrogen and oxygen atoms in total. The highest BCUT2D eigenvalue weighted by molar-refractivity contribution is 5.73. The molecule has 0 unspecified atom stereocenters. The van der Waals surface area contributed by atoms with E-state index in [-0.39, 0.29) is 0 Å². The lowest BCUT2D eigenvalue weighted by molar-refractivity contribution is 0.252. The zero-order valence-corrected chi connectivity index (χ0v) is 10.4. The molecule has 2 rings (SSSR count). The van der Waals surface area contributed by atoms with Crippen LogP contribution in [0.5, 0.6) is 0 Å². The van der Waals surface area contributed by atoms with Gasteiger partial charge < -0.3 is 21.3 Å². The van der Waals surface area contributed by atoms with E-state index in [4.69, 9.17) is 11.5 Å². The smallest absolute Gasteiger partial charge is 0.157 e. The summed E-state index contributed by atoms with van der Waals surface area (Å²) in [5.74, 6) is 1.10. The summed E-state index contributed by atoms with van der Waals surface area (Å²) in [7, 11) is 4.17. The van der Waals surface area contributed by atoms with E-state index in [1.807, 2.05) is 7.05 Å². The molecule has 1 saturated heterocycles. The number of nitrogens with two attached hydrogens (primary N) is 2. The first kappa shape index (κ1) is 11.9. The summed E-state index contributed by atoms with van der Waals surface area (Å²) in [6, 6.07) is 0.475. The Kier molecular flexibility index (Phi) is 3.33. The van der Waals surface area contributed by atoms with Gasteiger partial charge in [-0.15, -0.1) is 0 Å². The number of piperidine rings is 1. The normalized spacial score (nSPS) is 18.2. The van der Waals surface area contributed by atoms with Gasteiger partial charge in [0, 0.05) is 13.1 Å². The van der Waals surface area contributed by atoms with Crippen LogP contribution in [0.2, 0.25) is 0 Å². The summed E-state index contributed by atoms with van der Waals surface area (Å²) in [5, 5.41) is 0. The van der Waals surface area contributed by atoms with E-state index in [1.165, 1.54) is 6.33 Å². The van der Waals surface area contributed by atoms with Gasteiger partial charge in [-0.3, -0.25) is 0 Å². The molecule has 0 atom stereocenters. The molecule has 4 N–H and O–H groups in total. The van der Waals surface area contributed by atoms with Gasteiger partial charge in [0.05, 0.1) is 0 Å². The van der Waals surface area contributed by atoms with Crippen molar-refractivity contribution in [2.24, 2.45) is 0 Å². The minimum Gasteiger partial charge on any atom is -0.393 e. The van der Waals surface area contributed by atoms with E-state index in [2.05, 4.69) is 26.8 Å². The van der Waals surface area contributed by atoms with E-state index in [9.17, 15) is 0 Å². The molecular formula is C11H20N6. The van der Waals surface area contributed by atoms with Crippen LogP contribution in [0, 0.1) is 0 Å². The number of hydrogen-bond acceptors (Lipinski definition) is 6. The first-order valence-electron chi connectivity index (χ1n) is 5.87. The van der Waals surface area contributed by atoms with E-state index in [1.54, 1.807) is 0 Å². The number of likely N-dealkylation sites (tertiary alicyclic amines) is 1. The molecule has 0 spiro atoms. The molecule has 17 heavy (non-hydrogen) atoms. The second-order valence-corrected chi connectivity index (χ2v) is 4.64. The van der Waals surface area contributed by atoms with Gasteiger partial charge in [-0.1, -0.05) is 0 Å². The van der Waals surface area contributed by atoms with Gasteiger partial charge in [0.25, 0.3) is 0 Å². The second kappa shape index (κ2) is 4.75. The van der Waals surface area contributed by atoms with Crippen LogP contribution < -0.4 is 16.4 Å². The first-order valence-corrected chi connectivity index (χ1v) is 5.87. The number of anilines is 3. The predicted molar refractivity (Wildman–Crippen MR) is 69.8 cm³/mol. The van der Waals surface area contributed by atoms with Gasteiger partial charge in [0.1, 0.15) is 12.0 Å². The molecule has 1 aromatic heterocycles. The quantitative estimate of drug-likeness (QED) is 0.761. The zero-order chi connectivity index (χ0) is 12.4. The number of rotatable bonds is 2. The lowest BCUT2D eigenvalue weighted by atomic mass is 10.0. The molecule has 1 aliphatic rings. The maximum Gasteiger partial charge on any atom is 0.157 e. The van der Waals surface area contributed by atoms with Crippen LogP contribution in [0.3, 0.4) is 0 Å². The third-order valence-corrected chi connectivity index (χ3v) is 3.46. The van der Waals surface area contributed by atoms with Gasteiger partial charge in [-0.2, -0.15) is 0 Å². The molecule has 1 fully saturated rings. The molecular weight excluding hydrogens is 216 g/mol. The monoisotopic (exact) mass is 236 g/mol. The highest BCUT2D eigenvalue weighted by atomic mass is 15.2. The van der Waals surface area contributed by atoms with Crippen LogP contribution in [-0.2, 0) is 0 Å². The predicted octanol–water partition coefficient (Wildman–Crippen LogP) is 0.171. The molecule has 1 aromatic rings. The summed E-state index contributed by atoms with van der Waals surface area (Å²) in [5.41, 5.74) is 12.1. The van der Waals surface area contributed by atoms with Gasteiger partial charge in [-0.05, 0) is 33.0 Å². The Hall–Kier alpha value is -1.56. The van der Waals surface area contributed by atoms with E-state index < -0.39 is 0 Å². The van der Waals surface area contributed by atoms with Crippen molar-refractivity contribution in [3.8, 4) is 0 Å². The summed E-state index contributed by atoms with van der Waals surface area (Å²) < 4.78 is 0. The average Bonchev–Trinajstić information content (AvgIpc) is 2.33. The summed E-state index contributed by atoms with van der Waals surface area (Å²) in [6.07, 6.45) is 3.71. The molecule has 0 saturated carbocycles. The summed E-state index contributed by atoms with van der Waals surface area (Å²) >= 11 is 0. The van der Waals surface area contributed by atoms with Crippen molar-refractivity contribution in [3.63, 3.8) is 0 Å². The second-order valence-electron chi connectivity index (χ2n) is 4.64. The Morgan fingerprint density at radius 2 is 1.94 bits per heavy atom. The lowest BCUT2D eigenvalue weighted by Crippen LogP contribution is -2.42. The van der Waals surface area contributed by atoms with Crippen LogP contribution in [0.25, 0.3) is 0 Å². The van der Waals surface area contributed by atoms with Crippen LogP contribution in [0.1, 0.15) is 12.8 Å². The van der Waals surface area contributed by atoms with Crippen molar-refractivity contribution < 1.29 is 0 Å². The van der Waals surface area contributed by atoms with E-state index >= 15 is 0 Å². The fourth-order valence-electron chi connectivity index (χ4n) is 2.24. The Morgan fingerprint density at radius 3 is 2.59 bits per heavy atom. The van der Waals surface area contributed by atoms with Gasteiger partial charge in [0.15, 0.2) is 11.6 Å². The fourth-order valence-corrected chi connectivity index (χ4v) is 2.24. The molecule has 0 radical (unpaired) electrons. The Bertz CT molecular complexity index is 386. The van der Waals surface area contributed by atoms with Crippen LogP contribution in [0.4, 0.5) is 17.3 Å². The largest absolute Gasteiger partial charge is 0.393 e. The summed E-state index contributed by atoms with van der Waals surface area (Å²) in [4.78, 5) is 12.6. The van der Waals surface area contributed by atoms with Crippen molar-refractivity contribution in [1.82, 2.24) is 14.9 Å². The van der Waals surface area contributed by atoms with Crippen LogP contribution >= 0.6 is 0 Å². The molecule has 2 heterocycles. The molecule has 0 bridgehead atoms. The lowest BCUT2D eigenvalue weighted by Gasteiger charge is -2.36. The standard InChI is InChI=1S/C11H20N6/c1-16-5-3-8(4-6-16)17(2)11-9(12)10(13)14-7-15-11/h7-8H,3-6,12H2,1-2H3,(H2,13,14,15). The third-order valence-electron chi connectivity index (χ3n) is 3.46. The van der Waals surface area contributed by atoms with Crippen LogP contribution in [0.15, 0.2) is 6.33 Å². The summed E-state index contributed by atoms with van der Waals surface area (Å²) in [6.45, 7) is 2.21. The van der Waals surface area contributed by atoms with Gasteiger partial charge in [-0.25, -0.2) is 9.97 Å². The minimum absolute atomic E-state index is 0.356. The Balaban J connectivity index is 2.14. The van der Waals surface area contributed by atoms with Gasteiger partial charge >= 0.3 is 0 Å². The SMILES string of the molecule is CN1CCC(N(C)c2ncnc(N)c2N)CC1. The Morgan fingerprint density at radius 1 is 1.29 bits per heavy atom. The average molecular weight is 236 g/mol. The zero-order valence-electron chi connectivity index (χ0n) is 10.4. The van der Waals surface area contributed by atoms with Crippen LogP contribution in [-0.4, -0.2) is 48.1 Å². The van der Waals surface area contributed by atoms with Crippen molar-refractivity contribution in [3.05, 3.63) is 6.33 Å². The highest BCUT2D eigenvalue weighted by Gasteiger charge is 2.23. The highest BCUT2D eigenvalue weighted by Crippen LogP contribution is 2.27. The number of nitrogens with zero attached hydrogens (tertiary/aromatic N) is 4. The first-order chi connectivity index (χ1) is 8.09. The molecule has 0 amide bonds. The topological polar surface area (TPSA) is 84.3 Å². The number of aromatic nitrogens is 2.